The van der Waals surface area contributed by atoms with Gasteiger partial charge >= 0.3 is 0 Å². The molecule has 14 heavy (non-hydrogen) atoms. The fourth-order valence-corrected chi connectivity index (χ4v) is 4.24. The molecule has 1 aliphatic heterocycles. The van der Waals surface area contributed by atoms with Crippen LogP contribution in [0, 0.1) is 0 Å². The number of rotatable bonds is 1. The molecule has 7 heteroatoms. The monoisotopic (exact) mass is 248 g/mol. The van der Waals surface area contributed by atoms with E-state index in [1.54, 1.807) is 0 Å². The molecule has 0 fully saturated rings. The molecule has 1 aliphatic rings. The lowest BCUT2D eigenvalue weighted by atomic mass is 10.3. The first-order valence-electron chi connectivity index (χ1n) is 3.97. The van der Waals surface area contributed by atoms with E-state index < -0.39 is 9.84 Å². The molecular formula is C7H8N2O2S3. The number of aryl methyl sites for hydroxylation is 1. The third-order valence-electron chi connectivity index (χ3n) is 1.99. The highest BCUT2D eigenvalue weighted by Crippen LogP contribution is 2.26. The molecule has 0 saturated carbocycles. The quantitative estimate of drug-likeness (QED) is 0.721. The minimum atomic E-state index is -2.92. The zero-order valence-electron chi connectivity index (χ0n) is 7.19. The normalized spacial score (nSPS) is 18.9. The number of aromatic nitrogens is 1. The maximum Gasteiger partial charge on any atom is 0.155 e. The fourth-order valence-electron chi connectivity index (χ4n) is 1.32. The van der Waals surface area contributed by atoms with Gasteiger partial charge in [0.25, 0.3) is 0 Å². The van der Waals surface area contributed by atoms with Gasteiger partial charge in [-0.15, -0.1) is 11.3 Å². The minimum absolute atomic E-state index is 0.0859. The van der Waals surface area contributed by atoms with Gasteiger partial charge in [0.15, 0.2) is 14.8 Å². The second-order valence-electron chi connectivity index (χ2n) is 3.10. The largest absolute Gasteiger partial charge is 0.387 e. The van der Waals surface area contributed by atoms with E-state index in [9.17, 15) is 8.42 Å². The van der Waals surface area contributed by atoms with E-state index in [-0.39, 0.29) is 16.5 Å². The summed E-state index contributed by atoms with van der Waals surface area (Å²) in [6.07, 6.45) is 0.483. The number of thiazole rings is 1. The van der Waals surface area contributed by atoms with Crippen molar-refractivity contribution in [2.24, 2.45) is 5.73 Å². The maximum absolute atomic E-state index is 11.3. The Morgan fingerprint density at radius 2 is 2.29 bits per heavy atom. The molecule has 0 aliphatic carbocycles. The maximum atomic E-state index is 11.3. The van der Waals surface area contributed by atoms with Crippen molar-refractivity contribution in [3.05, 3.63) is 15.6 Å². The molecular weight excluding hydrogens is 240 g/mol. The Bertz CT molecular complexity index is 489. The molecule has 0 radical (unpaired) electrons. The van der Waals surface area contributed by atoms with Gasteiger partial charge in [-0.3, -0.25) is 0 Å². The van der Waals surface area contributed by atoms with Crippen LogP contribution < -0.4 is 5.73 Å². The van der Waals surface area contributed by atoms with Crippen molar-refractivity contribution in [2.75, 3.05) is 5.75 Å². The lowest BCUT2D eigenvalue weighted by Crippen LogP contribution is -2.17. The lowest BCUT2D eigenvalue weighted by Gasteiger charge is -2.09. The molecule has 0 bridgehead atoms. The highest BCUT2D eigenvalue weighted by molar-refractivity contribution is 7.90. The van der Waals surface area contributed by atoms with Crippen LogP contribution in [0.15, 0.2) is 0 Å². The van der Waals surface area contributed by atoms with Crippen molar-refractivity contribution in [1.82, 2.24) is 4.98 Å². The molecule has 0 unspecified atom stereocenters. The standard InChI is InChI=1S/C7H8N2O2S3/c8-6(12)7-9-4-1-2-14(10,11)3-5(4)13-7/h1-3H2,(H2,8,12). The number of nitrogens with two attached hydrogens (primary N) is 1. The fraction of sp³-hybridized carbons (Fsp3) is 0.429. The average Bonchev–Trinajstić information content (AvgIpc) is 2.45. The molecule has 2 rings (SSSR count). The Morgan fingerprint density at radius 3 is 2.93 bits per heavy atom. The van der Waals surface area contributed by atoms with E-state index in [2.05, 4.69) is 4.98 Å². The molecule has 0 spiro atoms. The zero-order chi connectivity index (χ0) is 10.3. The van der Waals surface area contributed by atoms with Crippen molar-refractivity contribution in [2.45, 2.75) is 12.2 Å². The van der Waals surface area contributed by atoms with Crippen molar-refractivity contribution < 1.29 is 8.42 Å². The number of nitrogens with zero attached hydrogens (tertiary/aromatic N) is 1. The SMILES string of the molecule is NC(=S)c1nc2c(s1)CS(=O)(=O)CC2. The predicted octanol–water partition coefficient (Wildman–Crippen LogP) is 0.248. The molecule has 0 saturated heterocycles. The van der Waals surface area contributed by atoms with Crippen LogP contribution in [-0.4, -0.2) is 24.1 Å². The first-order valence-corrected chi connectivity index (χ1v) is 7.01. The Labute approximate surface area is 91.1 Å². The molecule has 0 amide bonds. The average molecular weight is 248 g/mol. The Kier molecular flexibility index (Phi) is 2.32. The Morgan fingerprint density at radius 1 is 1.57 bits per heavy atom. The summed E-state index contributed by atoms with van der Waals surface area (Å²) in [6, 6.07) is 0. The molecule has 2 N–H and O–H groups in total. The van der Waals surface area contributed by atoms with Crippen molar-refractivity contribution >= 4 is 38.4 Å². The summed E-state index contributed by atoms with van der Waals surface area (Å²) >= 11 is 6.07. The third-order valence-corrected chi connectivity index (χ3v) is 5.18. The molecule has 1 aromatic rings. The number of hydrogen-bond acceptors (Lipinski definition) is 5. The van der Waals surface area contributed by atoms with Gasteiger partial charge in [-0.2, -0.15) is 0 Å². The van der Waals surface area contributed by atoms with Gasteiger partial charge in [0.05, 0.1) is 17.2 Å². The van der Waals surface area contributed by atoms with Gasteiger partial charge in [0.2, 0.25) is 0 Å². The molecule has 0 atom stereocenters. The summed E-state index contributed by atoms with van der Waals surface area (Å²) < 4.78 is 22.6. The van der Waals surface area contributed by atoms with Gasteiger partial charge in [-0.05, 0) is 0 Å². The first-order chi connectivity index (χ1) is 6.48. The Hall–Kier alpha value is -0.530. The highest BCUT2D eigenvalue weighted by atomic mass is 32.2. The number of thiocarbonyl (C=S) groups is 1. The summed E-state index contributed by atoms with van der Waals surface area (Å²) in [4.78, 5) is 5.23. The van der Waals surface area contributed by atoms with Gasteiger partial charge < -0.3 is 5.73 Å². The molecule has 2 heterocycles. The topological polar surface area (TPSA) is 73.0 Å². The number of fused-ring (bicyclic) bond motifs is 1. The summed E-state index contributed by atoms with van der Waals surface area (Å²) in [5, 5.41) is 0.571. The highest BCUT2D eigenvalue weighted by Gasteiger charge is 2.25. The van der Waals surface area contributed by atoms with Crippen LogP contribution in [0.2, 0.25) is 0 Å². The van der Waals surface area contributed by atoms with E-state index in [0.717, 1.165) is 10.6 Å². The first kappa shape index (κ1) is 10.0. The van der Waals surface area contributed by atoms with Gasteiger partial charge in [0, 0.05) is 11.3 Å². The van der Waals surface area contributed by atoms with Gasteiger partial charge in [-0.25, -0.2) is 13.4 Å². The van der Waals surface area contributed by atoms with E-state index in [4.69, 9.17) is 18.0 Å². The van der Waals surface area contributed by atoms with E-state index in [1.165, 1.54) is 11.3 Å². The second kappa shape index (κ2) is 3.25. The summed E-state index contributed by atoms with van der Waals surface area (Å²) in [6.45, 7) is 0. The van der Waals surface area contributed by atoms with E-state index >= 15 is 0 Å². The van der Waals surface area contributed by atoms with Crippen LogP contribution in [0.4, 0.5) is 0 Å². The van der Waals surface area contributed by atoms with Crippen molar-refractivity contribution in [1.29, 1.82) is 0 Å². The third kappa shape index (κ3) is 1.79. The van der Waals surface area contributed by atoms with Crippen LogP contribution in [0.1, 0.15) is 15.6 Å². The van der Waals surface area contributed by atoms with Crippen molar-refractivity contribution in [3.8, 4) is 0 Å². The van der Waals surface area contributed by atoms with Crippen molar-refractivity contribution in [3.63, 3.8) is 0 Å². The lowest BCUT2D eigenvalue weighted by molar-refractivity contribution is 0.591. The second-order valence-corrected chi connectivity index (χ2v) is 6.80. The molecule has 0 aromatic carbocycles. The summed E-state index contributed by atoms with van der Waals surface area (Å²) in [5.41, 5.74) is 6.26. The van der Waals surface area contributed by atoms with Crippen LogP contribution in [0.3, 0.4) is 0 Å². The Balaban J connectivity index is 2.44. The van der Waals surface area contributed by atoms with Gasteiger partial charge in [-0.1, -0.05) is 12.2 Å². The molecule has 1 aromatic heterocycles. The predicted molar refractivity (Wildman–Crippen MR) is 59.2 cm³/mol. The van der Waals surface area contributed by atoms with Gasteiger partial charge in [0.1, 0.15) is 4.99 Å². The van der Waals surface area contributed by atoms with Crippen LogP contribution in [0.5, 0.6) is 0 Å². The molecule has 4 nitrogen and oxygen atoms in total. The van der Waals surface area contributed by atoms with Crippen LogP contribution >= 0.6 is 23.6 Å². The number of hydrogen-bond donors (Lipinski definition) is 1. The smallest absolute Gasteiger partial charge is 0.155 e. The minimum Gasteiger partial charge on any atom is -0.387 e. The zero-order valence-corrected chi connectivity index (χ0v) is 9.64. The summed E-state index contributed by atoms with van der Waals surface area (Å²) in [7, 11) is -2.92. The van der Waals surface area contributed by atoms with Crippen LogP contribution in [-0.2, 0) is 22.0 Å². The van der Waals surface area contributed by atoms with E-state index in [0.29, 0.717) is 11.4 Å². The van der Waals surface area contributed by atoms with E-state index in [1.807, 2.05) is 0 Å². The molecule has 76 valence electrons. The van der Waals surface area contributed by atoms with Crippen LogP contribution in [0.25, 0.3) is 0 Å². The summed E-state index contributed by atoms with van der Waals surface area (Å²) in [5.74, 6) is 0.267. The number of sulfone groups is 1.